The molecule has 0 aliphatic heterocycles. The van der Waals surface area contributed by atoms with Crippen molar-refractivity contribution >= 4 is 22.8 Å². The predicted molar refractivity (Wildman–Crippen MR) is 80.7 cm³/mol. The number of nitrogens with zero attached hydrogens (tertiary/aromatic N) is 1. The van der Waals surface area contributed by atoms with Crippen LogP contribution in [0.25, 0.3) is 10.9 Å². The van der Waals surface area contributed by atoms with Gasteiger partial charge in [-0.1, -0.05) is 36.4 Å². The van der Waals surface area contributed by atoms with Gasteiger partial charge in [-0.2, -0.15) is 5.10 Å². The van der Waals surface area contributed by atoms with Crippen LogP contribution in [0, 0.1) is 6.92 Å². The van der Waals surface area contributed by atoms with Crippen molar-refractivity contribution < 1.29 is 0 Å². The fraction of sp³-hybridized carbons (Fsp3) is 0.0625. The molecule has 0 atom stereocenters. The van der Waals surface area contributed by atoms with Gasteiger partial charge in [0.05, 0.1) is 11.9 Å². The summed E-state index contributed by atoms with van der Waals surface area (Å²) in [5.74, 6) is 0. The van der Waals surface area contributed by atoms with Crippen molar-refractivity contribution in [3.8, 4) is 0 Å². The number of benzene rings is 2. The van der Waals surface area contributed by atoms with Gasteiger partial charge < -0.3 is 4.98 Å². The summed E-state index contributed by atoms with van der Waals surface area (Å²) in [5.41, 5.74) is 7.48. The molecule has 3 aromatic rings. The fourth-order valence-corrected chi connectivity index (χ4v) is 2.07. The van der Waals surface area contributed by atoms with Crippen LogP contribution in [0.1, 0.15) is 11.1 Å². The Hall–Kier alpha value is -2.55. The van der Waals surface area contributed by atoms with Crippen molar-refractivity contribution in [3.63, 3.8) is 0 Å². The minimum Gasteiger partial charge on any atom is -0.361 e. The van der Waals surface area contributed by atoms with E-state index in [9.17, 15) is 0 Å². The van der Waals surface area contributed by atoms with E-state index >= 15 is 0 Å². The molecule has 0 radical (unpaired) electrons. The minimum absolute atomic E-state index is 1.03. The van der Waals surface area contributed by atoms with Gasteiger partial charge in [0.2, 0.25) is 0 Å². The van der Waals surface area contributed by atoms with Crippen molar-refractivity contribution in [1.82, 2.24) is 4.98 Å². The monoisotopic (exact) mass is 249 g/mol. The molecule has 3 nitrogen and oxygen atoms in total. The molecule has 0 unspecified atom stereocenters. The summed E-state index contributed by atoms with van der Waals surface area (Å²) in [7, 11) is 0. The number of H-pyrrole nitrogens is 1. The Morgan fingerprint density at radius 2 is 1.84 bits per heavy atom. The lowest BCUT2D eigenvalue weighted by molar-refractivity contribution is 1.31. The van der Waals surface area contributed by atoms with Gasteiger partial charge in [0.25, 0.3) is 0 Å². The number of aromatic nitrogens is 1. The zero-order chi connectivity index (χ0) is 13.1. The minimum atomic E-state index is 1.03. The second kappa shape index (κ2) is 4.98. The van der Waals surface area contributed by atoms with E-state index in [4.69, 9.17) is 0 Å². The molecule has 0 spiro atoms. The van der Waals surface area contributed by atoms with Crippen LogP contribution in [0.3, 0.4) is 0 Å². The molecule has 0 aliphatic carbocycles. The standard InChI is InChI=1S/C16H15N3/c1-12-6-2-4-8-15(12)19-18-11-13-10-17-16-9-5-3-7-14(13)16/h2-11,17,19H,1H3/b18-11+. The van der Waals surface area contributed by atoms with Gasteiger partial charge in [-0.05, 0) is 24.6 Å². The van der Waals surface area contributed by atoms with Gasteiger partial charge in [-0.15, -0.1) is 0 Å². The first-order chi connectivity index (χ1) is 9.34. The van der Waals surface area contributed by atoms with Crippen molar-refractivity contribution in [3.05, 3.63) is 65.9 Å². The van der Waals surface area contributed by atoms with Crippen LogP contribution in [0.5, 0.6) is 0 Å². The highest BCUT2D eigenvalue weighted by Gasteiger charge is 1.99. The van der Waals surface area contributed by atoms with E-state index in [-0.39, 0.29) is 0 Å². The summed E-state index contributed by atoms with van der Waals surface area (Å²) in [6.45, 7) is 2.06. The summed E-state index contributed by atoms with van der Waals surface area (Å²) in [6, 6.07) is 16.3. The number of hydrogen-bond acceptors (Lipinski definition) is 2. The zero-order valence-electron chi connectivity index (χ0n) is 10.7. The highest BCUT2D eigenvalue weighted by Crippen LogP contribution is 2.16. The summed E-state index contributed by atoms with van der Waals surface area (Å²) >= 11 is 0. The maximum atomic E-state index is 4.30. The number of hydrazone groups is 1. The van der Waals surface area contributed by atoms with Crippen LogP contribution in [0.4, 0.5) is 5.69 Å². The molecule has 0 saturated heterocycles. The second-order valence-electron chi connectivity index (χ2n) is 4.47. The lowest BCUT2D eigenvalue weighted by Crippen LogP contribution is -1.92. The molecule has 0 amide bonds. The third-order valence-electron chi connectivity index (χ3n) is 3.15. The van der Waals surface area contributed by atoms with Crippen LogP contribution in [0.2, 0.25) is 0 Å². The first-order valence-corrected chi connectivity index (χ1v) is 6.25. The van der Waals surface area contributed by atoms with E-state index in [0.717, 1.165) is 16.8 Å². The van der Waals surface area contributed by atoms with E-state index in [1.165, 1.54) is 10.9 Å². The van der Waals surface area contributed by atoms with Gasteiger partial charge in [0, 0.05) is 22.7 Å². The normalized spacial score (nSPS) is 11.2. The van der Waals surface area contributed by atoms with E-state index in [1.54, 1.807) is 0 Å². The zero-order valence-corrected chi connectivity index (χ0v) is 10.7. The summed E-state index contributed by atoms with van der Waals surface area (Å²) in [6.07, 6.45) is 3.80. The Morgan fingerprint density at radius 3 is 2.74 bits per heavy atom. The molecule has 0 bridgehead atoms. The number of nitrogens with one attached hydrogen (secondary N) is 2. The Labute approximate surface area is 112 Å². The molecule has 94 valence electrons. The highest BCUT2D eigenvalue weighted by atomic mass is 15.3. The molecule has 2 aromatic carbocycles. The Balaban J connectivity index is 1.82. The Morgan fingerprint density at radius 1 is 1.05 bits per heavy atom. The molecule has 0 fully saturated rings. The van der Waals surface area contributed by atoms with E-state index in [0.29, 0.717) is 0 Å². The topological polar surface area (TPSA) is 40.2 Å². The van der Waals surface area contributed by atoms with Gasteiger partial charge >= 0.3 is 0 Å². The third kappa shape index (κ3) is 2.36. The fourth-order valence-electron chi connectivity index (χ4n) is 2.07. The van der Waals surface area contributed by atoms with Crippen molar-refractivity contribution in [2.75, 3.05) is 5.43 Å². The summed E-state index contributed by atoms with van der Waals surface area (Å²) < 4.78 is 0. The Bertz CT molecular complexity index is 725. The van der Waals surface area contributed by atoms with Crippen LogP contribution in [-0.2, 0) is 0 Å². The quantitative estimate of drug-likeness (QED) is 0.536. The van der Waals surface area contributed by atoms with Crippen LogP contribution >= 0.6 is 0 Å². The molecule has 3 heteroatoms. The van der Waals surface area contributed by atoms with Gasteiger partial charge in [0.15, 0.2) is 0 Å². The SMILES string of the molecule is Cc1ccccc1N/N=C/c1c[nH]c2ccccc12. The molecule has 0 saturated carbocycles. The van der Waals surface area contributed by atoms with Gasteiger partial charge in [-0.25, -0.2) is 0 Å². The number of rotatable bonds is 3. The molecule has 1 heterocycles. The van der Waals surface area contributed by atoms with Crippen molar-refractivity contribution in [2.24, 2.45) is 5.10 Å². The van der Waals surface area contributed by atoms with Crippen molar-refractivity contribution in [1.29, 1.82) is 0 Å². The summed E-state index contributed by atoms with van der Waals surface area (Å²) in [4.78, 5) is 3.23. The van der Waals surface area contributed by atoms with E-state index < -0.39 is 0 Å². The van der Waals surface area contributed by atoms with E-state index in [2.05, 4.69) is 40.6 Å². The molecular weight excluding hydrogens is 234 g/mol. The predicted octanol–water partition coefficient (Wildman–Crippen LogP) is 3.92. The molecule has 2 N–H and O–H groups in total. The number of para-hydroxylation sites is 2. The lowest BCUT2D eigenvalue weighted by Gasteiger charge is -2.02. The maximum Gasteiger partial charge on any atom is 0.0590 e. The van der Waals surface area contributed by atoms with E-state index in [1.807, 2.05) is 42.7 Å². The average molecular weight is 249 g/mol. The molecule has 1 aromatic heterocycles. The highest BCUT2D eigenvalue weighted by molar-refractivity contribution is 5.99. The number of aryl methyl sites for hydroxylation is 1. The number of anilines is 1. The second-order valence-corrected chi connectivity index (χ2v) is 4.47. The number of hydrogen-bond donors (Lipinski definition) is 2. The van der Waals surface area contributed by atoms with Crippen LogP contribution < -0.4 is 5.43 Å². The van der Waals surface area contributed by atoms with Crippen LogP contribution in [0.15, 0.2) is 59.8 Å². The number of fused-ring (bicyclic) bond motifs is 1. The van der Waals surface area contributed by atoms with Crippen molar-refractivity contribution in [2.45, 2.75) is 6.92 Å². The van der Waals surface area contributed by atoms with Gasteiger partial charge in [0.1, 0.15) is 0 Å². The van der Waals surface area contributed by atoms with Gasteiger partial charge in [-0.3, -0.25) is 5.43 Å². The average Bonchev–Trinajstić information content (AvgIpc) is 2.85. The number of aromatic amines is 1. The van der Waals surface area contributed by atoms with Crippen LogP contribution in [-0.4, -0.2) is 11.2 Å². The maximum absolute atomic E-state index is 4.30. The summed E-state index contributed by atoms with van der Waals surface area (Å²) in [5, 5.41) is 5.48. The molecule has 19 heavy (non-hydrogen) atoms. The smallest absolute Gasteiger partial charge is 0.0590 e. The third-order valence-corrected chi connectivity index (χ3v) is 3.15. The Kier molecular flexibility index (Phi) is 3.02. The lowest BCUT2D eigenvalue weighted by atomic mass is 10.2. The molecule has 0 aliphatic rings. The first kappa shape index (κ1) is 11.5. The first-order valence-electron chi connectivity index (χ1n) is 6.25. The molecule has 3 rings (SSSR count). The largest absolute Gasteiger partial charge is 0.361 e. The molecular formula is C16H15N3.